The van der Waals surface area contributed by atoms with Crippen LogP contribution in [0.1, 0.15) is 57.1 Å². The molecule has 1 aliphatic rings. The summed E-state index contributed by atoms with van der Waals surface area (Å²) in [7, 11) is 0. The van der Waals surface area contributed by atoms with Gasteiger partial charge in [0.05, 0.1) is 5.75 Å². The molecule has 0 amide bonds. The lowest BCUT2D eigenvalue weighted by atomic mass is 10.2. The van der Waals surface area contributed by atoms with E-state index in [4.69, 9.17) is 9.97 Å². The molecule has 0 radical (unpaired) electrons. The van der Waals surface area contributed by atoms with Crippen LogP contribution in [0.3, 0.4) is 0 Å². The van der Waals surface area contributed by atoms with Crippen LogP contribution in [0.25, 0.3) is 0 Å². The Kier molecular flexibility index (Phi) is 5.49. The van der Waals surface area contributed by atoms with E-state index in [1.165, 1.54) is 24.1 Å². The summed E-state index contributed by atoms with van der Waals surface area (Å²) < 4.78 is 0. The van der Waals surface area contributed by atoms with Crippen LogP contribution in [0.5, 0.6) is 0 Å². The highest BCUT2D eigenvalue weighted by molar-refractivity contribution is 7.99. The Hall–Kier alpha value is -0.770. The number of hydrogen-bond donors (Lipinski definition) is 1. The smallest absolute Gasteiger partial charge is 0.140 e. The van der Waals surface area contributed by atoms with E-state index >= 15 is 0 Å². The molecule has 1 N–H and O–H groups in total. The molecule has 0 aromatic carbocycles. The Morgan fingerprint density at radius 1 is 1.26 bits per heavy atom. The van der Waals surface area contributed by atoms with Crippen LogP contribution in [-0.4, -0.2) is 21.8 Å². The minimum absolute atomic E-state index is 0.684. The minimum atomic E-state index is 0.684. The second-order valence-corrected chi connectivity index (χ2v) is 6.65. The lowest BCUT2D eigenvalue weighted by molar-refractivity contribution is 0.887. The quantitative estimate of drug-likeness (QED) is 0.823. The Balaban J connectivity index is 2.11. The summed E-state index contributed by atoms with van der Waals surface area (Å²) in [6.07, 6.45) is 5.83. The topological polar surface area (TPSA) is 37.8 Å². The normalized spacial score (nSPS) is 15.3. The summed E-state index contributed by atoms with van der Waals surface area (Å²) in [5.41, 5.74) is 2.65. The molecule has 1 aliphatic carbocycles. The highest BCUT2D eigenvalue weighted by atomic mass is 32.2. The summed E-state index contributed by atoms with van der Waals surface area (Å²) in [5.74, 6) is 3.04. The molecule has 0 fully saturated rings. The third kappa shape index (κ3) is 3.85. The van der Waals surface area contributed by atoms with E-state index in [2.05, 4.69) is 26.1 Å². The van der Waals surface area contributed by atoms with Gasteiger partial charge < -0.3 is 5.32 Å². The molecule has 1 aromatic rings. The summed E-state index contributed by atoms with van der Waals surface area (Å²) in [6.45, 7) is 7.69. The molecule has 1 unspecified atom stereocenters. The van der Waals surface area contributed by atoms with Gasteiger partial charge >= 0.3 is 0 Å². The van der Waals surface area contributed by atoms with Crippen LogP contribution in [0, 0.1) is 0 Å². The van der Waals surface area contributed by atoms with E-state index in [0.29, 0.717) is 5.25 Å². The summed E-state index contributed by atoms with van der Waals surface area (Å²) in [6, 6.07) is 0. The fourth-order valence-corrected chi connectivity index (χ4v) is 3.07. The van der Waals surface area contributed by atoms with Gasteiger partial charge in [-0.15, -0.1) is 0 Å². The van der Waals surface area contributed by atoms with Crippen molar-refractivity contribution in [1.29, 1.82) is 0 Å². The van der Waals surface area contributed by atoms with Crippen molar-refractivity contribution in [3.63, 3.8) is 0 Å². The van der Waals surface area contributed by atoms with Gasteiger partial charge in [0.2, 0.25) is 0 Å². The maximum atomic E-state index is 4.76. The molecule has 1 heterocycles. The van der Waals surface area contributed by atoms with Gasteiger partial charge in [-0.3, -0.25) is 0 Å². The van der Waals surface area contributed by atoms with Crippen molar-refractivity contribution in [3.8, 4) is 0 Å². The number of aromatic nitrogens is 2. The van der Waals surface area contributed by atoms with E-state index in [0.717, 1.165) is 43.2 Å². The van der Waals surface area contributed by atoms with Crippen molar-refractivity contribution in [2.45, 2.75) is 63.9 Å². The van der Waals surface area contributed by atoms with Crippen LogP contribution in [0.4, 0.5) is 5.82 Å². The molecular weight excluding hydrogens is 254 g/mol. The van der Waals surface area contributed by atoms with Crippen molar-refractivity contribution in [2.24, 2.45) is 0 Å². The predicted octanol–water partition coefficient (Wildman–Crippen LogP) is 3.82. The summed E-state index contributed by atoms with van der Waals surface area (Å²) in [5, 5.41) is 4.16. The molecule has 2 rings (SSSR count). The molecule has 0 saturated heterocycles. The Morgan fingerprint density at radius 2 is 2.11 bits per heavy atom. The predicted molar refractivity (Wildman–Crippen MR) is 83.9 cm³/mol. The van der Waals surface area contributed by atoms with E-state index in [9.17, 15) is 0 Å². The molecule has 0 saturated carbocycles. The summed E-state index contributed by atoms with van der Waals surface area (Å²) >= 11 is 1.95. The number of anilines is 1. The van der Waals surface area contributed by atoms with E-state index in [-0.39, 0.29) is 0 Å². The number of nitrogens with zero attached hydrogens (tertiary/aromatic N) is 2. The van der Waals surface area contributed by atoms with Gasteiger partial charge in [0.15, 0.2) is 0 Å². The minimum Gasteiger partial charge on any atom is -0.370 e. The van der Waals surface area contributed by atoms with Gasteiger partial charge in [-0.1, -0.05) is 20.8 Å². The van der Waals surface area contributed by atoms with E-state index in [1.54, 1.807) is 0 Å². The first-order chi connectivity index (χ1) is 9.24. The zero-order valence-electron chi connectivity index (χ0n) is 12.3. The molecule has 4 heteroatoms. The zero-order valence-corrected chi connectivity index (χ0v) is 13.1. The third-order valence-electron chi connectivity index (χ3n) is 3.59. The van der Waals surface area contributed by atoms with Crippen molar-refractivity contribution in [1.82, 2.24) is 9.97 Å². The molecule has 106 valence electrons. The molecule has 1 aromatic heterocycles. The Labute approximate surface area is 121 Å². The van der Waals surface area contributed by atoms with Crippen LogP contribution < -0.4 is 5.32 Å². The van der Waals surface area contributed by atoms with Gasteiger partial charge in [0, 0.05) is 23.1 Å². The molecule has 0 spiro atoms. The highest BCUT2D eigenvalue weighted by Crippen LogP contribution is 2.28. The van der Waals surface area contributed by atoms with Crippen molar-refractivity contribution in [3.05, 3.63) is 17.1 Å². The van der Waals surface area contributed by atoms with Crippen LogP contribution in [0.2, 0.25) is 0 Å². The lowest BCUT2D eigenvalue weighted by Gasteiger charge is -2.12. The number of hydrogen-bond acceptors (Lipinski definition) is 4. The standard InChI is InChI=1S/C15H25N3S/c1-4-9-16-15-12-7-6-8-13(12)17-14(18-15)10-19-11(3)5-2/h11H,4-10H2,1-3H3,(H,16,17,18). The fourth-order valence-electron chi connectivity index (χ4n) is 2.27. The molecule has 0 aliphatic heterocycles. The SMILES string of the molecule is CCCNc1nc(CSC(C)CC)nc2c1CCC2. The Morgan fingerprint density at radius 3 is 2.84 bits per heavy atom. The monoisotopic (exact) mass is 279 g/mol. The van der Waals surface area contributed by atoms with Crippen LogP contribution in [0.15, 0.2) is 0 Å². The second kappa shape index (κ2) is 7.13. The van der Waals surface area contributed by atoms with Crippen LogP contribution in [-0.2, 0) is 18.6 Å². The largest absolute Gasteiger partial charge is 0.370 e. The molecule has 3 nitrogen and oxygen atoms in total. The average Bonchev–Trinajstić information content (AvgIpc) is 2.90. The average molecular weight is 279 g/mol. The van der Waals surface area contributed by atoms with Gasteiger partial charge in [-0.25, -0.2) is 9.97 Å². The maximum absolute atomic E-state index is 4.76. The first-order valence-corrected chi connectivity index (χ1v) is 8.53. The third-order valence-corrected chi connectivity index (χ3v) is 4.92. The Bertz CT molecular complexity index is 420. The fraction of sp³-hybridized carbons (Fsp3) is 0.733. The molecular formula is C15H25N3S. The van der Waals surface area contributed by atoms with Gasteiger partial charge in [-0.2, -0.15) is 11.8 Å². The summed E-state index contributed by atoms with van der Waals surface area (Å²) in [4.78, 5) is 9.50. The number of fused-ring (bicyclic) bond motifs is 1. The van der Waals surface area contributed by atoms with Gasteiger partial charge in [-0.05, 0) is 32.1 Å². The molecule has 1 atom stereocenters. The lowest BCUT2D eigenvalue weighted by Crippen LogP contribution is -2.09. The van der Waals surface area contributed by atoms with Crippen molar-refractivity contribution < 1.29 is 0 Å². The van der Waals surface area contributed by atoms with Crippen molar-refractivity contribution in [2.75, 3.05) is 11.9 Å². The first kappa shape index (κ1) is 14.6. The van der Waals surface area contributed by atoms with Gasteiger partial charge in [0.25, 0.3) is 0 Å². The second-order valence-electron chi connectivity index (χ2n) is 5.22. The maximum Gasteiger partial charge on any atom is 0.140 e. The molecule has 19 heavy (non-hydrogen) atoms. The van der Waals surface area contributed by atoms with E-state index in [1.807, 2.05) is 11.8 Å². The van der Waals surface area contributed by atoms with Crippen molar-refractivity contribution >= 4 is 17.6 Å². The molecule has 0 bridgehead atoms. The zero-order chi connectivity index (χ0) is 13.7. The number of nitrogens with one attached hydrogen (secondary N) is 1. The van der Waals surface area contributed by atoms with E-state index < -0.39 is 0 Å². The number of aryl methyl sites for hydroxylation is 1. The highest BCUT2D eigenvalue weighted by Gasteiger charge is 2.19. The van der Waals surface area contributed by atoms with Gasteiger partial charge in [0.1, 0.15) is 11.6 Å². The van der Waals surface area contributed by atoms with Crippen LogP contribution >= 0.6 is 11.8 Å². The first-order valence-electron chi connectivity index (χ1n) is 7.48. The number of rotatable bonds is 7. The number of thioether (sulfide) groups is 1.